The highest BCUT2D eigenvalue weighted by atomic mass is 16.5. The molecule has 2 rings (SSSR count). The van der Waals surface area contributed by atoms with Crippen molar-refractivity contribution in [3.8, 4) is 17.6 Å². The molecule has 0 bridgehead atoms. The highest BCUT2D eigenvalue weighted by Gasteiger charge is 2.12. The van der Waals surface area contributed by atoms with Crippen LogP contribution in [0.1, 0.15) is 24.5 Å². The molecule has 0 unspecified atom stereocenters. The lowest BCUT2D eigenvalue weighted by Crippen LogP contribution is -2.06. The molecule has 0 saturated carbocycles. The summed E-state index contributed by atoms with van der Waals surface area (Å²) in [5.74, 6) is 0.875. The molecule has 6 heteroatoms. The van der Waals surface area contributed by atoms with E-state index < -0.39 is 5.97 Å². The first-order chi connectivity index (χ1) is 14.6. The number of carbonyl (C=O) groups is 1. The molecule has 0 aliphatic carbocycles. The largest absolute Gasteiger partial charge is 0.494 e. The van der Waals surface area contributed by atoms with Gasteiger partial charge < -0.3 is 14.2 Å². The summed E-state index contributed by atoms with van der Waals surface area (Å²) in [6, 6.07) is 16.2. The number of rotatable bonds is 10. The number of allylic oxidation sites excluding steroid dienone is 1. The van der Waals surface area contributed by atoms with E-state index in [2.05, 4.69) is 17.5 Å². The zero-order chi connectivity index (χ0) is 21.8. The second kappa shape index (κ2) is 11.7. The number of esters is 1. The molecule has 0 atom stereocenters. The van der Waals surface area contributed by atoms with Crippen molar-refractivity contribution in [3.63, 3.8) is 0 Å². The van der Waals surface area contributed by atoms with Crippen molar-refractivity contribution in [2.75, 3.05) is 19.8 Å². The van der Waals surface area contributed by atoms with Crippen molar-refractivity contribution in [2.45, 2.75) is 13.3 Å². The average Bonchev–Trinajstić information content (AvgIpc) is 2.78. The summed E-state index contributed by atoms with van der Waals surface area (Å²) in [5, 5.41) is 9.64. The minimum atomic E-state index is -0.460. The number of carbonyl (C=O) groups excluding carboxylic acids is 1. The van der Waals surface area contributed by atoms with E-state index in [-0.39, 0.29) is 12.3 Å². The quantitative estimate of drug-likeness (QED) is 0.141. The zero-order valence-electron chi connectivity index (χ0n) is 16.8. The van der Waals surface area contributed by atoms with Gasteiger partial charge in [0, 0.05) is 12.5 Å². The van der Waals surface area contributed by atoms with Gasteiger partial charge in [0.25, 0.3) is 0 Å². The van der Waals surface area contributed by atoms with E-state index in [9.17, 15) is 10.1 Å². The third kappa shape index (κ3) is 6.25. The Morgan fingerprint density at radius 1 is 1.07 bits per heavy atom. The fourth-order valence-corrected chi connectivity index (χ4v) is 2.59. The Morgan fingerprint density at radius 3 is 2.20 bits per heavy atom. The van der Waals surface area contributed by atoms with Gasteiger partial charge in [0.1, 0.15) is 11.5 Å². The molecule has 0 N–H and O–H groups in total. The van der Waals surface area contributed by atoms with Crippen LogP contribution in [0.5, 0.6) is 11.5 Å². The van der Waals surface area contributed by atoms with Crippen LogP contribution in [-0.2, 0) is 9.53 Å². The molecule has 2 aromatic rings. The summed E-state index contributed by atoms with van der Waals surface area (Å²) in [6.45, 7) is 14.0. The third-order valence-electron chi connectivity index (χ3n) is 4.01. The summed E-state index contributed by atoms with van der Waals surface area (Å²) in [6.07, 6.45) is 1.66. The van der Waals surface area contributed by atoms with Crippen molar-refractivity contribution in [2.24, 2.45) is 0 Å². The Hall–Kier alpha value is -4.03. The third-order valence-corrected chi connectivity index (χ3v) is 4.01. The van der Waals surface area contributed by atoms with Crippen LogP contribution in [0.25, 0.3) is 16.1 Å². The summed E-state index contributed by atoms with van der Waals surface area (Å²) in [7, 11) is 0. The smallest absolute Gasteiger partial charge is 0.330 e. The van der Waals surface area contributed by atoms with Gasteiger partial charge in [-0.15, -0.1) is 0 Å². The maximum Gasteiger partial charge on any atom is 0.330 e. The minimum absolute atomic E-state index is 0.251. The number of benzene rings is 2. The van der Waals surface area contributed by atoms with E-state index in [0.717, 1.165) is 6.08 Å². The van der Waals surface area contributed by atoms with E-state index in [0.29, 0.717) is 47.8 Å². The first-order valence-electron chi connectivity index (χ1n) is 9.40. The maximum absolute atomic E-state index is 11.0. The molecule has 2 aromatic carbocycles. The van der Waals surface area contributed by atoms with Crippen LogP contribution in [0.4, 0.5) is 0 Å². The van der Waals surface area contributed by atoms with Crippen molar-refractivity contribution in [1.29, 1.82) is 5.26 Å². The Labute approximate surface area is 176 Å². The molecule has 0 saturated heterocycles. The molecule has 6 nitrogen and oxygen atoms in total. The molecule has 30 heavy (non-hydrogen) atoms. The van der Waals surface area contributed by atoms with Crippen LogP contribution in [0.3, 0.4) is 0 Å². The summed E-state index contributed by atoms with van der Waals surface area (Å²) in [4.78, 5) is 14.5. The van der Waals surface area contributed by atoms with Crippen molar-refractivity contribution in [3.05, 3.63) is 83.7 Å². The summed E-state index contributed by atoms with van der Waals surface area (Å²) >= 11 is 0. The molecule has 0 radical (unpaired) electrons. The van der Waals surface area contributed by atoms with E-state index in [4.69, 9.17) is 20.8 Å². The van der Waals surface area contributed by atoms with Gasteiger partial charge in [0.2, 0.25) is 5.70 Å². The number of nitriles is 1. The Kier molecular flexibility index (Phi) is 8.71. The van der Waals surface area contributed by atoms with Gasteiger partial charge in [-0.3, -0.25) is 0 Å². The van der Waals surface area contributed by atoms with Crippen LogP contribution in [0.2, 0.25) is 0 Å². The number of hydrogen-bond donors (Lipinski definition) is 0. The standard InChI is InChI=1S/C24H22N2O4/c1-4-23(27)30-16-6-15-29-21-13-9-19(10-14-21)24(26-3)22(17-25)18-7-11-20(12-8-18)28-5-2/h4,7-14H,1,5-6,15-16H2,2H3. The Morgan fingerprint density at radius 2 is 1.67 bits per heavy atom. The van der Waals surface area contributed by atoms with E-state index in [1.807, 2.05) is 6.92 Å². The molecule has 0 amide bonds. The molecule has 0 fully saturated rings. The second-order valence-electron chi connectivity index (χ2n) is 6.00. The van der Waals surface area contributed by atoms with Crippen LogP contribution < -0.4 is 9.47 Å². The van der Waals surface area contributed by atoms with Gasteiger partial charge in [-0.25, -0.2) is 9.64 Å². The molecule has 0 spiro atoms. The number of ether oxygens (including phenoxy) is 3. The average molecular weight is 402 g/mol. The topological polar surface area (TPSA) is 72.9 Å². The molecule has 0 aliphatic rings. The minimum Gasteiger partial charge on any atom is -0.494 e. The molecular formula is C24H22N2O4. The van der Waals surface area contributed by atoms with Crippen molar-refractivity contribution in [1.82, 2.24) is 0 Å². The van der Waals surface area contributed by atoms with Crippen LogP contribution in [0, 0.1) is 17.9 Å². The fourth-order valence-electron chi connectivity index (χ4n) is 2.59. The monoisotopic (exact) mass is 402 g/mol. The normalized spacial score (nSPS) is 10.8. The molecule has 0 aliphatic heterocycles. The summed E-state index contributed by atoms with van der Waals surface area (Å²) in [5.41, 5.74) is 1.85. The molecule has 0 heterocycles. The van der Waals surface area contributed by atoms with E-state index in [1.54, 1.807) is 48.5 Å². The van der Waals surface area contributed by atoms with Gasteiger partial charge in [0.15, 0.2) is 0 Å². The predicted octanol–water partition coefficient (Wildman–Crippen LogP) is 4.89. The van der Waals surface area contributed by atoms with Crippen LogP contribution in [-0.4, -0.2) is 25.8 Å². The van der Waals surface area contributed by atoms with E-state index >= 15 is 0 Å². The van der Waals surface area contributed by atoms with Gasteiger partial charge in [-0.2, -0.15) is 5.26 Å². The van der Waals surface area contributed by atoms with E-state index in [1.165, 1.54) is 0 Å². The summed E-state index contributed by atoms with van der Waals surface area (Å²) < 4.78 is 15.9. The highest BCUT2D eigenvalue weighted by Crippen LogP contribution is 2.29. The number of nitrogens with zero attached hydrogens (tertiary/aromatic N) is 2. The maximum atomic E-state index is 11.0. The van der Waals surface area contributed by atoms with Gasteiger partial charge in [-0.05, 0) is 42.3 Å². The predicted molar refractivity (Wildman–Crippen MR) is 114 cm³/mol. The Balaban J connectivity index is 2.09. The molecule has 152 valence electrons. The molecular weight excluding hydrogens is 380 g/mol. The van der Waals surface area contributed by atoms with Crippen molar-refractivity contribution < 1.29 is 19.0 Å². The lowest BCUT2D eigenvalue weighted by atomic mass is 10.0. The van der Waals surface area contributed by atoms with Crippen LogP contribution >= 0.6 is 0 Å². The molecule has 0 aromatic heterocycles. The van der Waals surface area contributed by atoms with Gasteiger partial charge in [-0.1, -0.05) is 30.8 Å². The van der Waals surface area contributed by atoms with Gasteiger partial charge in [0.05, 0.1) is 38.0 Å². The lowest BCUT2D eigenvalue weighted by Gasteiger charge is -2.09. The van der Waals surface area contributed by atoms with Gasteiger partial charge >= 0.3 is 5.97 Å². The first-order valence-corrected chi connectivity index (χ1v) is 9.40. The van der Waals surface area contributed by atoms with Crippen LogP contribution in [0.15, 0.2) is 61.2 Å². The zero-order valence-corrected chi connectivity index (χ0v) is 16.8. The Bertz CT molecular complexity index is 978. The number of hydrogen-bond acceptors (Lipinski definition) is 5. The second-order valence-corrected chi connectivity index (χ2v) is 6.00. The fraction of sp³-hybridized carbons (Fsp3) is 0.208. The van der Waals surface area contributed by atoms with Crippen molar-refractivity contribution >= 4 is 17.2 Å². The lowest BCUT2D eigenvalue weighted by molar-refractivity contribution is -0.137. The first kappa shape index (κ1) is 22.3. The SMILES string of the molecule is [C-]#[N+]C(=C(C#N)c1ccc(OCC)cc1)c1ccc(OCCCOC(=O)C=C)cc1. The highest BCUT2D eigenvalue weighted by molar-refractivity contribution is 5.99.